The highest BCUT2D eigenvalue weighted by Gasteiger charge is 2.39. The van der Waals surface area contributed by atoms with Crippen LogP contribution in [0.3, 0.4) is 0 Å². The van der Waals surface area contributed by atoms with Gasteiger partial charge < -0.3 is 4.74 Å². The molecule has 0 radical (unpaired) electrons. The second kappa shape index (κ2) is 9.06. The molecular weight excluding hydrogens is 369 g/mol. The summed E-state index contributed by atoms with van der Waals surface area (Å²) in [6.45, 7) is 7.84. The number of esters is 1. The van der Waals surface area contributed by atoms with Crippen molar-refractivity contribution in [3.05, 3.63) is 46.8 Å². The van der Waals surface area contributed by atoms with Crippen molar-refractivity contribution in [2.24, 2.45) is 0 Å². The monoisotopic (exact) mass is 401 g/mol. The van der Waals surface area contributed by atoms with E-state index in [1.807, 2.05) is 30.7 Å². The standard InChI is InChI=1S/C23H32FN3O2/c1-5-17(4)27-20-9-7-6-8-14-23(24,21(20)25-26-27)15-18-10-12-19(13-11-18)22(28)29-16(2)3/h10-13,16-17H,5-9,14-15H2,1-4H3. The van der Waals surface area contributed by atoms with E-state index >= 15 is 4.39 Å². The average Bonchev–Trinajstić information content (AvgIpc) is 3.10. The normalized spacial score (nSPS) is 20.6. The second-order valence-corrected chi connectivity index (χ2v) is 8.44. The maximum atomic E-state index is 16.3. The highest BCUT2D eigenvalue weighted by Crippen LogP contribution is 2.39. The van der Waals surface area contributed by atoms with Crippen LogP contribution in [-0.2, 0) is 23.2 Å². The molecule has 0 aliphatic heterocycles. The quantitative estimate of drug-likeness (QED) is 0.613. The Kier molecular flexibility index (Phi) is 6.70. The summed E-state index contributed by atoms with van der Waals surface area (Å²) in [5.41, 5.74) is 1.23. The van der Waals surface area contributed by atoms with Crippen molar-refractivity contribution in [3.63, 3.8) is 0 Å². The second-order valence-electron chi connectivity index (χ2n) is 8.44. The first-order valence-electron chi connectivity index (χ1n) is 10.8. The third-order valence-corrected chi connectivity index (χ3v) is 5.73. The SMILES string of the molecule is CCC(C)n1nnc2c1CCCCCC2(F)Cc1ccc(C(=O)OC(C)C)cc1. The predicted molar refractivity (Wildman–Crippen MR) is 111 cm³/mol. The maximum Gasteiger partial charge on any atom is 0.338 e. The van der Waals surface area contributed by atoms with E-state index in [1.165, 1.54) is 0 Å². The first-order chi connectivity index (χ1) is 13.8. The van der Waals surface area contributed by atoms with Crippen LogP contribution in [0.5, 0.6) is 0 Å². The average molecular weight is 402 g/mol. The molecular formula is C23H32FN3O2. The van der Waals surface area contributed by atoms with Crippen molar-refractivity contribution in [2.45, 2.75) is 90.5 Å². The molecule has 2 unspecified atom stereocenters. The van der Waals surface area contributed by atoms with E-state index < -0.39 is 5.67 Å². The summed E-state index contributed by atoms with van der Waals surface area (Å²) in [7, 11) is 0. The van der Waals surface area contributed by atoms with Gasteiger partial charge in [-0.3, -0.25) is 0 Å². The van der Waals surface area contributed by atoms with Gasteiger partial charge in [0.25, 0.3) is 0 Å². The molecule has 0 saturated carbocycles. The summed E-state index contributed by atoms with van der Waals surface area (Å²) >= 11 is 0. The molecule has 29 heavy (non-hydrogen) atoms. The van der Waals surface area contributed by atoms with Crippen LogP contribution in [0, 0.1) is 0 Å². The number of rotatable bonds is 6. The van der Waals surface area contributed by atoms with E-state index in [-0.39, 0.29) is 24.5 Å². The first kappa shape index (κ1) is 21.5. The van der Waals surface area contributed by atoms with Crippen LogP contribution in [0.4, 0.5) is 4.39 Å². The zero-order chi connectivity index (χ0) is 21.0. The number of aromatic nitrogens is 3. The van der Waals surface area contributed by atoms with E-state index in [2.05, 4.69) is 24.2 Å². The molecule has 6 heteroatoms. The Bertz CT molecular complexity index is 831. The van der Waals surface area contributed by atoms with Crippen molar-refractivity contribution >= 4 is 5.97 Å². The summed E-state index contributed by atoms with van der Waals surface area (Å²) in [5, 5.41) is 8.64. The topological polar surface area (TPSA) is 57.0 Å². The molecule has 1 aliphatic rings. The minimum absolute atomic E-state index is 0.169. The van der Waals surface area contributed by atoms with E-state index in [0.29, 0.717) is 17.7 Å². The van der Waals surface area contributed by atoms with Crippen LogP contribution in [0.2, 0.25) is 0 Å². The van der Waals surface area contributed by atoms with Crippen LogP contribution in [-0.4, -0.2) is 27.1 Å². The van der Waals surface area contributed by atoms with Gasteiger partial charge in [0.2, 0.25) is 0 Å². The van der Waals surface area contributed by atoms with Crippen LogP contribution < -0.4 is 0 Å². The number of alkyl halides is 1. The molecule has 0 fully saturated rings. The number of hydrogen-bond acceptors (Lipinski definition) is 4. The molecule has 2 aromatic rings. The summed E-state index contributed by atoms with van der Waals surface area (Å²) in [4.78, 5) is 12.0. The van der Waals surface area contributed by atoms with Gasteiger partial charge in [-0.2, -0.15) is 0 Å². The highest BCUT2D eigenvalue weighted by atomic mass is 19.1. The number of fused-ring (bicyclic) bond motifs is 1. The number of carbonyl (C=O) groups excluding carboxylic acids is 1. The molecule has 0 spiro atoms. The molecule has 5 nitrogen and oxygen atoms in total. The van der Waals surface area contributed by atoms with Gasteiger partial charge in [-0.1, -0.05) is 30.7 Å². The van der Waals surface area contributed by atoms with Gasteiger partial charge >= 0.3 is 5.97 Å². The number of hydrogen-bond donors (Lipinski definition) is 0. The molecule has 1 aromatic carbocycles. The zero-order valence-corrected chi connectivity index (χ0v) is 17.9. The molecule has 2 atom stereocenters. The lowest BCUT2D eigenvalue weighted by Crippen LogP contribution is -2.27. The molecule has 3 rings (SSSR count). The molecule has 0 saturated heterocycles. The van der Waals surface area contributed by atoms with Crippen LogP contribution in [0.15, 0.2) is 24.3 Å². The van der Waals surface area contributed by atoms with Gasteiger partial charge in [0.05, 0.1) is 23.4 Å². The van der Waals surface area contributed by atoms with Crippen molar-refractivity contribution < 1.29 is 13.9 Å². The molecule has 0 bridgehead atoms. The van der Waals surface area contributed by atoms with Crippen molar-refractivity contribution in [1.29, 1.82) is 0 Å². The summed E-state index contributed by atoms with van der Waals surface area (Å²) < 4.78 is 23.4. The van der Waals surface area contributed by atoms with Gasteiger partial charge in [-0.05, 0) is 70.6 Å². The van der Waals surface area contributed by atoms with Crippen LogP contribution in [0.25, 0.3) is 0 Å². The Balaban J connectivity index is 1.86. The third-order valence-electron chi connectivity index (χ3n) is 5.73. The van der Waals surface area contributed by atoms with Gasteiger partial charge in [0.1, 0.15) is 5.69 Å². The fourth-order valence-electron chi connectivity index (χ4n) is 3.95. The number of carbonyl (C=O) groups is 1. The smallest absolute Gasteiger partial charge is 0.338 e. The van der Waals surface area contributed by atoms with E-state index in [4.69, 9.17) is 4.74 Å². The Hall–Kier alpha value is -2.24. The third kappa shape index (κ3) is 4.85. The zero-order valence-electron chi connectivity index (χ0n) is 17.9. The molecule has 1 aromatic heterocycles. The predicted octanol–water partition coefficient (Wildman–Crippen LogP) is 5.34. The maximum absolute atomic E-state index is 16.3. The Labute approximate surface area is 172 Å². The summed E-state index contributed by atoms with van der Waals surface area (Å²) in [6, 6.07) is 7.26. The van der Waals surface area contributed by atoms with Crippen molar-refractivity contribution in [3.8, 4) is 0 Å². The van der Waals surface area contributed by atoms with Gasteiger partial charge in [-0.25, -0.2) is 13.9 Å². The van der Waals surface area contributed by atoms with Crippen molar-refractivity contribution in [2.75, 3.05) is 0 Å². The largest absolute Gasteiger partial charge is 0.459 e. The minimum atomic E-state index is -1.54. The van der Waals surface area contributed by atoms with Gasteiger partial charge in [0, 0.05) is 6.42 Å². The summed E-state index contributed by atoms with van der Waals surface area (Å²) in [6.07, 6.45) is 5.15. The number of ether oxygens (including phenoxy) is 1. The van der Waals surface area contributed by atoms with E-state index in [1.54, 1.807) is 12.1 Å². The molecule has 158 valence electrons. The Morgan fingerprint density at radius 3 is 2.59 bits per heavy atom. The number of benzene rings is 1. The van der Waals surface area contributed by atoms with Crippen LogP contribution in [0.1, 0.15) is 93.2 Å². The lowest BCUT2D eigenvalue weighted by Gasteiger charge is -2.27. The molecule has 1 aliphatic carbocycles. The first-order valence-corrected chi connectivity index (χ1v) is 10.8. The number of nitrogens with zero attached hydrogens (tertiary/aromatic N) is 3. The lowest BCUT2D eigenvalue weighted by molar-refractivity contribution is 0.0378. The Morgan fingerprint density at radius 2 is 1.93 bits per heavy atom. The van der Waals surface area contributed by atoms with E-state index in [0.717, 1.165) is 43.4 Å². The molecule has 0 N–H and O–H groups in total. The minimum Gasteiger partial charge on any atom is -0.459 e. The fourth-order valence-corrected chi connectivity index (χ4v) is 3.95. The highest BCUT2D eigenvalue weighted by molar-refractivity contribution is 5.89. The fraction of sp³-hybridized carbons (Fsp3) is 0.609. The molecule has 1 heterocycles. The van der Waals surface area contributed by atoms with E-state index in [9.17, 15) is 4.79 Å². The lowest BCUT2D eigenvalue weighted by atomic mass is 9.84. The Morgan fingerprint density at radius 1 is 1.21 bits per heavy atom. The van der Waals surface area contributed by atoms with Gasteiger partial charge in [0.15, 0.2) is 5.67 Å². The van der Waals surface area contributed by atoms with Crippen molar-refractivity contribution in [1.82, 2.24) is 15.0 Å². The van der Waals surface area contributed by atoms with Gasteiger partial charge in [-0.15, -0.1) is 5.10 Å². The van der Waals surface area contributed by atoms with Crippen LogP contribution >= 0.6 is 0 Å². The molecule has 0 amide bonds. The number of halogens is 1. The summed E-state index contributed by atoms with van der Waals surface area (Å²) in [5.74, 6) is -0.355.